The van der Waals surface area contributed by atoms with Gasteiger partial charge in [-0.2, -0.15) is 18.3 Å². The molecule has 36 heavy (non-hydrogen) atoms. The minimum Gasteiger partial charge on any atom is -0.365 e. The first-order valence-electron chi connectivity index (χ1n) is 11.8. The molecule has 2 aliphatic heterocycles. The minimum absolute atomic E-state index is 0.204. The van der Waals surface area contributed by atoms with Crippen molar-refractivity contribution in [3.05, 3.63) is 29.8 Å². The first-order valence-corrected chi connectivity index (χ1v) is 11.8. The van der Waals surface area contributed by atoms with Crippen molar-refractivity contribution in [3.8, 4) is 0 Å². The molecule has 0 saturated carbocycles. The molecule has 3 aromatic rings. The van der Waals surface area contributed by atoms with Crippen LogP contribution in [0.3, 0.4) is 0 Å². The summed E-state index contributed by atoms with van der Waals surface area (Å²) in [4.78, 5) is 42.5. The van der Waals surface area contributed by atoms with E-state index in [0.29, 0.717) is 35.5 Å². The van der Waals surface area contributed by atoms with E-state index in [1.165, 1.54) is 18.0 Å². The molecule has 0 spiro atoms. The van der Waals surface area contributed by atoms with Crippen LogP contribution < -0.4 is 15.1 Å². The van der Waals surface area contributed by atoms with Gasteiger partial charge in [0.1, 0.15) is 0 Å². The number of alkyl halides is 3. The van der Waals surface area contributed by atoms with Gasteiger partial charge in [0.05, 0.1) is 29.2 Å². The second-order valence-corrected chi connectivity index (χ2v) is 9.14. The zero-order chi connectivity index (χ0) is 25.6. The molecule has 2 bridgehead atoms. The number of nitrogens with one attached hydrogen (secondary N) is 2. The quantitative estimate of drug-likeness (QED) is 0.501. The van der Waals surface area contributed by atoms with Gasteiger partial charge in [-0.15, -0.1) is 0 Å². The molecule has 2 aliphatic rings. The van der Waals surface area contributed by atoms with E-state index in [4.69, 9.17) is 0 Å². The Morgan fingerprint density at radius 2 is 2.08 bits per heavy atom. The third-order valence-corrected chi connectivity index (χ3v) is 6.72. The Bertz CT molecular complexity index is 1320. The fourth-order valence-electron chi connectivity index (χ4n) is 4.79. The lowest BCUT2D eigenvalue weighted by atomic mass is 9.98. The molecular weight excluding hydrogens is 477 g/mol. The first kappa shape index (κ1) is 23.9. The summed E-state index contributed by atoms with van der Waals surface area (Å²) < 4.78 is 39.7. The Morgan fingerprint density at radius 3 is 2.83 bits per heavy atom. The van der Waals surface area contributed by atoms with Crippen molar-refractivity contribution in [3.63, 3.8) is 0 Å². The molecule has 0 aromatic carbocycles. The maximum atomic E-state index is 13.5. The van der Waals surface area contributed by atoms with Crippen LogP contribution >= 0.6 is 0 Å². The van der Waals surface area contributed by atoms with Gasteiger partial charge in [0.25, 0.3) is 0 Å². The average Bonchev–Trinajstić information content (AvgIpc) is 3.23. The van der Waals surface area contributed by atoms with E-state index in [1.54, 1.807) is 12.1 Å². The number of halogens is 3. The number of fused-ring (bicyclic) bond motifs is 5. The average molecular weight is 503 g/mol. The highest BCUT2D eigenvalue weighted by Gasteiger charge is 2.42. The molecule has 190 valence electrons. The van der Waals surface area contributed by atoms with Crippen LogP contribution in [-0.2, 0) is 0 Å². The number of nitrogens with zero attached hydrogens (tertiary/aromatic N) is 6. The largest absolute Gasteiger partial charge is 0.392 e. The molecule has 1 fully saturated rings. The van der Waals surface area contributed by atoms with Crippen LogP contribution in [0.1, 0.15) is 48.9 Å². The highest BCUT2D eigenvalue weighted by Crippen LogP contribution is 2.38. The van der Waals surface area contributed by atoms with Crippen LogP contribution in [-0.4, -0.2) is 62.3 Å². The maximum Gasteiger partial charge on any atom is 0.392 e. The van der Waals surface area contributed by atoms with Crippen LogP contribution in [0.5, 0.6) is 0 Å². The lowest BCUT2D eigenvalue weighted by Gasteiger charge is -2.45. The highest BCUT2D eigenvalue weighted by atomic mass is 19.4. The van der Waals surface area contributed by atoms with Gasteiger partial charge < -0.3 is 4.90 Å². The fraction of sp³-hybridized carbons (Fsp3) is 0.478. The molecule has 2 amide bonds. The van der Waals surface area contributed by atoms with Gasteiger partial charge in [-0.25, -0.2) is 19.7 Å². The molecule has 10 nitrogen and oxygen atoms in total. The van der Waals surface area contributed by atoms with E-state index in [1.807, 2.05) is 11.8 Å². The van der Waals surface area contributed by atoms with Gasteiger partial charge in [-0.05, 0) is 38.3 Å². The highest BCUT2D eigenvalue weighted by molar-refractivity contribution is 6.07. The molecule has 0 radical (unpaired) electrons. The minimum atomic E-state index is -4.49. The van der Waals surface area contributed by atoms with Crippen molar-refractivity contribution >= 4 is 40.2 Å². The SMILES string of the molecule is CC[C@H](CC(=O)c1ncc2c(n1)N(C(=O)Nc1n[nH]c3nc(C)ccc13)[C@H]1CCCN2C1)C(F)(F)F. The smallest absolute Gasteiger partial charge is 0.365 e. The lowest BCUT2D eigenvalue weighted by Crippen LogP contribution is -2.56. The number of rotatable bonds is 5. The Morgan fingerprint density at radius 1 is 1.28 bits per heavy atom. The van der Waals surface area contributed by atoms with Crippen LogP contribution in [0, 0.1) is 12.8 Å². The molecular formula is C23H25F3N8O2. The van der Waals surface area contributed by atoms with Crippen LogP contribution in [0.4, 0.5) is 35.3 Å². The number of carbonyl (C=O) groups is 2. The Balaban J connectivity index is 1.47. The number of urea groups is 1. The van der Waals surface area contributed by atoms with Crippen molar-refractivity contribution in [1.82, 2.24) is 25.1 Å². The standard InChI is InChI=1S/C23H25F3N8O2/c1-3-13(23(24,25)26)9-17(35)20-27-10-16-21(29-20)34(14-5-4-8-33(16)11-14)22(36)30-19-15-7-6-12(2)28-18(15)31-32-19/h6-7,10,13-14H,3-5,8-9,11H2,1-2H3,(H2,28,30,31,32,36)/t13-,14+/m1/s1. The van der Waals surface area contributed by atoms with Crippen molar-refractivity contribution in [2.45, 2.75) is 51.7 Å². The summed E-state index contributed by atoms with van der Waals surface area (Å²) in [6.07, 6.45) is -2.49. The summed E-state index contributed by atoms with van der Waals surface area (Å²) in [7, 11) is 0. The Kier molecular flexibility index (Phi) is 6.00. The van der Waals surface area contributed by atoms with Crippen LogP contribution in [0.15, 0.2) is 18.3 Å². The number of aromatic amines is 1. The van der Waals surface area contributed by atoms with E-state index < -0.39 is 30.3 Å². The number of amides is 2. The van der Waals surface area contributed by atoms with Crippen molar-refractivity contribution in [2.24, 2.45) is 5.92 Å². The predicted octanol–water partition coefficient (Wildman–Crippen LogP) is 4.24. The van der Waals surface area contributed by atoms with Gasteiger partial charge in [0, 0.05) is 25.2 Å². The summed E-state index contributed by atoms with van der Waals surface area (Å²) in [6, 6.07) is 2.87. The number of hydrogen-bond donors (Lipinski definition) is 2. The number of pyridine rings is 1. The normalized spacial score (nSPS) is 18.2. The monoisotopic (exact) mass is 502 g/mol. The van der Waals surface area contributed by atoms with E-state index in [2.05, 4.69) is 30.5 Å². The molecule has 0 aliphatic carbocycles. The molecule has 5 heterocycles. The first-order chi connectivity index (χ1) is 17.2. The van der Waals surface area contributed by atoms with Crippen molar-refractivity contribution in [1.29, 1.82) is 0 Å². The van der Waals surface area contributed by atoms with Crippen LogP contribution in [0.25, 0.3) is 11.0 Å². The second-order valence-electron chi connectivity index (χ2n) is 9.14. The van der Waals surface area contributed by atoms with E-state index in [-0.39, 0.29) is 24.1 Å². The van der Waals surface area contributed by atoms with Crippen molar-refractivity contribution < 1.29 is 22.8 Å². The predicted molar refractivity (Wildman–Crippen MR) is 126 cm³/mol. The Labute approximate surface area is 204 Å². The molecule has 2 atom stereocenters. The van der Waals surface area contributed by atoms with E-state index in [0.717, 1.165) is 18.7 Å². The summed E-state index contributed by atoms with van der Waals surface area (Å²) in [6.45, 7) is 4.52. The third-order valence-electron chi connectivity index (χ3n) is 6.72. The van der Waals surface area contributed by atoms with Gasteiger partial charge in [-0.1, -0.05) is 6.92 Å². The number of aryl methyl sites for hydroxylation is 1. The number of carbonyl (C=O) groups excluding carboxylic acids is 2. The molecule has 13 heteroatoms. The number of anilines is 3. The van der Waals surface area contributed by atoms with E-state index >= 15 is 0 Å². The Hall–Kier alpha value is -3.77. The molecule has 5 rings (SSSR count). The molecule has 0 unspecified atom stereocenters. The number of ketones is 1. The number of piperidine rings is 1. The second kappa shape index (κ2) is 9.03. The summed E-state index contributed by atoms with van der Waals surface area (Å²) in [5.41, 5.74) is 1.88. The maximum absolute atomic E-state index is 13.5. The topological polar surface area (TPSA) is 120 Å². The van der Waals surface area contributed by atoms with Gasteiger partial charge >= 0.3 is 12.2 Å². The molecule has 2 N–H and O–H groups in total. The van der Waals surface area contributed by atoms with E-state index in [9.17, 15) is 22.8 Å². The zero-order valence-corrected chi connectivity index (χ0v) is 19.8. The lowest BCUT2D eigenvalue weighted by molar-refractivity contribution is -0.174. The number of Topliss-reactive ketones (excluding diaryl/α,β-unsaturated/α-hetero) is 1. The van der Waals surface area contributed by atoms with Gasteiger partial charge in [-0.3, -0.25) is 20.1 Å². The van der Waals surface area contributed by atoms with Gasteiger partial charge in [0.2, 0.25) is 5.78 Å². The summed E-state index contributed by atoms with van der Waals surface area (Å²) >= 11 is 0. The molecule has 1 saturated heterocycles. The van der Waals surface area contributed by atoms with Crippen molar-refractivity contribution in [2.75, 3.05) is 28.2 Å². The number of hydrogen-bond acceptors (Lipinski definition) is 7. The summed E-state index contributed by atoms with van der Waals surface area (Å²) in [5, 5.41) is 10.4. The van der Waals surface area contributed by atoms with Gasteiger partial charge in [0.15, 0.2) is 23.1 Å². The van der Waals surface area contributed by atoms with Crippen LogP contribution in [0.2, 0.25) is 0 Å². The zero-order valence-electron chi connectivity index (χ0n) is 19.8. The summed E-state index contributed by atoms with van der Waals surface area (Å²) in [5.74, 6) is -2.43. The molecule has 3 aromatic heterocycles. The number of aromatic nitrogens is 5. The third kappa shape index (κ3) is 4.33. The fourth-order valence-corrected chi connectivity index (χ4v) is 4.79. The number of H-pyrrole nitrogens is 1.